The number of hydrogen-bond donors (Lipinski definition) is 3. The minimum absolute atomic E-state index is 0.359. The van der Waals surface area contributed by atoms with Crippen LogP contribution in [0.4, 0.5) is 11.6 Å². The largest absolute Gasteiger partial charge is 0.481 e. The molecule has 1 aliphatic carbocycles. The van der Waals surface area contributed by atoms with E-state index in [0.717, 1.165) is 21.7 Å². The van der Waals surface area contributed by atoms with Gasteiger partial charge in [-0.15, -0.1) is 11.3 Å². The lowest BCUT2D eigenvalue weighted by Gasteiger charge is -2.44. The SMILES string of the molecule is Cc1cc(Nc2ncc(Cl)c(C)n2)cc(-c2cnc([C@]3(O)CC[C@@H](C(=O)O)C(C)(C)C3)s2)c1. The molecular formula is C24H27ClN4O3S. The van der Waals surface area contributed by atoms with Crippen molar-refractivity contribution < 1.29 is 15.0 Å². The van der Waals surface area contributed by atoms with Crippen LogP contribution >= 0.6 is 22.9 Å². The molecule has 9 heteroatoms. The first-order valence-electron chi connectivity index (χ1n) is 10.8. The van der Waals surface area contributed by atoms with E-state index < -0.39 is 22.9 Å². The van der Waals surface area contributed by atoms with Crippen LogP contribution in [0.25, 0.3) is 10.4 Å². The van der Waals surface area contributed by atoms with Gasteiger partial charge in [0.05, 0.1) is 27.7 Å². The van der Waals surface area contributed by atoms with Crippen LogP contribution in [0.3, 0.4) is 0 Å². The van der Waals surface area contributed by atoms with Gasteiger partial charge in [0, 0.05) is 11.9 Å². The monoisotopic (exact) mass is 486 g/mol. The Hall–Kier alpha value is -2.55. The van der Waals surface area contributed by atoms with Crippen molar-refractivity contribution in [2.45, 2.75) is 52.6 Å². The minimum Gasteiger partial charge on any atom is -0.481 e. The number of rotatable bonds is 5. The summed E-state index contributed by atoms with van der Waals surface area (Å²) < 4.78 is 0. The number of benzene rings is 1. The highest BCUT2D eigenvalue weighted by molar-refractivity contribution is 7.15. The lowest BCUT2D eigenvalue weighted by Crippen LogP contribution is -2.44. The highest BCUT2D eigenvalue weighted by Gasteiger charge is 2.49. The van der Waals surface area contributed by atoms with Gasteiger partial charge in [-0.2, -0.15) is 0 Å². The van der Waals surface area contributed by atoms with Crippen LogP contribution in [0.5, 0.6) is 0 Å². The minimum atomic E-state index is -1.13. The lowest BCUT2D eigenvalue weighted by atomic mass is 9.63. The summed E-state index contributed by atoms with van der Waals surface area (Å²) in [5.41, 5.74) is 1.90. The van der Waals surface area contributed by atoms with Gasteiger partial charge in [-0.25, -0.2) is 15.0 Å². The molecule has 1 aromatic carbocycles. The molecular weight excluding hydrogens is 460 g/mol. The Balaban J connectivity index is 1.59. The maximum atomic E-state index is 11.6. The zero-order valence-corrected chi connectivity index (χ0v) is 20.6. The predicted octanol–water partition coefficient (Wildman–Crippen LogP) is 5.71. The summed E-state index contributed by atoms with van der Waals surface area (Å²) in [6.45, 7) is 7.65. The van der Waals surface area contributed by atoms with Crippen molar-refractivity contribution in [3.8, 4) is 10.4 Å². The average molecular weight is 487 g/mol. The summed E-state index contributed by atoms with van der Waals surface area (Å²) in [6, 6.07) is 6.06. The van der Waals surface area contributed by atoms with E-state index in [1.54, 1.807) is 12.4 Å². The molecule has 1 fully saturated rings. The van der Waals surface area contributed by atoms with E-state index in [1.165, 1.54) is 11.3 Å². The average Bonchev–Trinajstić information content (AvgIpc) is 3.20. The van der Waals surface area contributed by atoms with Crippen molar-refractivity contribution in [2.75, 3.05) is 5.32 Å². The van der Waals surface area contributed by atoms with Crippen molar-refractivity contribution in [1.29, 1.82) is 0 Å². The van der Waals surface area contributed by atoms with Crippen molar-refractivity contribution >= 4 is 40.5 Å². The Morgan fingerprint density at radius 2 is 1.97 bits per heavy atom. The maximum absolute atomic E-state index is 11.6. The number of carboxylic acid groups (broad SMARTS) is 1. The number of aliphatic carboxylic acids is 1. The Labute approximate surface area is 201 Å². The zero-order chi connectivity index (χ0) is 24.0. The number of carboxylic acids is 1. The molecule has 33 heavy (non-hydrogen) atoms. The summed E-state index contributed by atoms with van der Waals surface area (Å²) in [5, 5.41) is 25.3. The number of anilines is 2. The Kier molecular flexibility index (Phi) is 6.20. The third kappa shape index (κ3) is 4.88. The fourth-order valence-corrected chi connectivity index (χ4v) is 5.75. The van der Waals surface area contributed by atoms with Gasteiger partial charge in [-0.1, -0.05) is 31.5 Å². The molecule has 0 amide bonds. The van der Waals surface area contributed by atoms with Gasteiger partial charge in [0.1, 0.15) is 10.6 Å². The lowest BCUT2D eigenvalue weighted by molar-refractivity contribution is -0.154. The predicted molar refractivity (Wildman–Crippen MR) is 130 cm³/mol. The molecule has 3 N–H and O–H groups in total. The second kappa shape index (κ2) is 8.66. The maximum Gasteiger partial charge on any atom is 0.307 e. The van der Waals surface area contributed by atoms with Crippen molar-refractivity contribution in [1.82, 2.24) is 15.0 Å². The molecule has 0 bridgehead atoms. The van der Waals surface area contributed by atoms with Gasteiger partial charge in [0.2, 0.25) is 5.95 Å². The number of carbonyl (C=O) groups is 1. The number of thiazole rings is 1. The number of nitrogens with one attached hydrogen (secondary N) is 1. The highest BCUT2D eigenvalue weighted by atomic mass is 35.5. The number of hydrogen-bond acceptors (Lipinski definition) is 7. The summed E-state index contributed by atoms with van der Waals surface area (Å²) in [5.74, 6) is -0.812. The van der Waals surface area contributed by atoms with Gasteiger partial charge in [0.15, 0.2) is 0 Å². The van der Waals surface area contributed by atoms with Gasteiger partial charge in [0.25, 0.3) is 0 Å². The molecule has 1 aliphatic rings. The van der Waals surface area contributed by atoms with Crippen LogP contribution in [0, 0.1) is 25.2 Å². The van der Waals surface area contributed by atoms with E-state index in [0.29, 0.717) is 40.9 Å². The number of halogens is 1. The molecule has 0 saturated heterocycles. The molecule has 2 aromatic heterocycles. The van der Waals surface area contributed by atoms with E-state index >= 15 is 0 Å². The second-order valence-corrected chi connectivity index (χ2v) is 10.9. The molecule has 0 aliphatic heterocycles. The fourth-order valence-electron chi connectivity index (χ4n) is 4.64. The van der Waals surface area contributed by atoms with Gasteiger partial charge >= 0.3 is 5.97 Å². The first-order chi connectivity index (χ1) is 15.5. The topological polar surface area (TPSA) is 108 Å². The van der Waals surface area contributed by atoms with Crippen LogP contribution in [0.2, 0.25) is 5.02 Å². The van der Waals surface area contributed by atoms with E-state index in [9.17, 15) is 15.0 Å². The van der Waals surface area contributed by atoms with Crippen LogP contribution in [0.1, 0.15) is 49.4 Å². The van der Waals surface area contributed by atoms with Crippen LogP contribution in [0.15, 0.2) is 30.6 Å². The molecule has 2 heterocycles. The molecule has 7 nitrogen and oxygen atoms in total. The zero-order valence-electron chi connectivity index (χ0n) is 19.0. The molecule has 1 saturated carbocycles. The van der Waals surface area contributed by atoms with E-state index in [1.807, 2.05) is 39.8 Å². The quantitative estimate of drug-likeness (QED) is 0.423. The number of nitrogens with zero attached hydrogens (tertiary/aromatic N) is 3. The summed E-state index contributed by atoms with van der Waals surface area (Å²) in [6.07, 6.45) is 4.51. The number of aliphatic hydroxyl groups is 1. The summed E-state index contributed by atoms with van der Waals surface area (Å²) >= 11 is 7.47. The Morgan fingerprint density at radius 3 is 2.64 bits per heavy atom. The summed E-state index contributed by atoms with van der Waals surface area (Å²) in [4.78, 5) is 25.7. The van der Waals surface area contributed by atoms with E-state index in [-0.39, 0.29) is 0 Å². The second-order valence-electron chi connectivity index (χ2n) is 9.50. The summed E-state index contributed by atoms with van der Waals surface area (Å²) in [7, 11) is 0. The standard InChI is InChI=1S/C24H27ClN4O3S/c1-13-7-15(9-16(8-13)29-22-27-10-18(25)14(2)28-22)19-11-26-21(33-19)24(32)6-5-17(20(30)31)23(3,4)12-24/h7-11,17,32H,5-6,12H2,1-4H3,(H,30,31)(H,27,28,29)/t17-,24-/m0/s1. The first kappa shape index (κ1) is 23.6. The molecule has 2 atom stereocenters. The highest BCUT2D eigenvalue weighted by Crippen LogP contribution is 2.50. The third-order valence-corrected chi connectivity index (χ3v) is 7.89. The smallest absolute Gasteiger partial charge is 0.307 e. The molecule has 4 rings (SSSR count). The number of aryl methyl sites for hydroxylation is 2. The van der Waals surface area contributed by atoms with Crippen molar-refractivity contribution in [3.63, 3.8) is 0 Å². The fraction of sp³-hybridized carbons (Fsp3) is 0.417. The van der Waals surface area contributed by atoms with Gasteiger partial charge in [-0.05, 0) is 61.8 Å². The molecule has 3 aromatic rings. The normalized spacial score (nSPS) is 22.2. The Bertz CT molecular complexity index is 1210. The third-order valence-electron chi connectivity index (χ3n) is 6.28. The molecule has 0 unspecified atom stereocenters. The van der Waals surface area contributed by atoms with E-state index in [2.05, 4.69) is 26.3 Å². The Morgan fingerprint density at radius 1 is 1.21 bits per heavy atom. The molecule has 0 spiro atoms. The van der Waals surface area contributed by atoms with Gasteiger partial charge in [-0.3, -0.25) is 4.79 Å². The molecule has 0 radical (unpaired) electrons. The van der Waals surface area contributed by atoms with Crippen LogP contribution in [-0.4, -0.2) is 31.1 Å². The number of aromatic nitrogens is 3. The molecule has 174 valence electrons. The van der Waals surface area contributed by atoms with Crippen molar-refractivity contribution in [3.05, 3.63) is 51.9 Å². The van der Waals surface area contributed by atoms with Crippen LogP contribution < -0.4 is 5.32 Å². The first-order valence-corrected chi connectivity index (χ1v) is 12.0. The van der Waals surface area contributed by atoms with Crippen LogP contribution in [-0.2, 0) is 10.4 Å². The van der Waals surface area contributed by atoms with E-state index in [4.69, 9.17) is 11.6 Å². The van der Waals surface area contributed by atoms with Gasteiger partial charge < -0.3 is 15.5 Å². The van der Waals surface area contributed by atoms with Crippen molar-refractivity contribution in [2.24, 2.45) is 11.3 Å².